The van der Waals surface area contributed by atoms with Gasteiger partial charge in [0.2, 0.25) is 5.88 Å². The van der Waals surface area contributed by atoms with Gasteiger partial charge in [-0.25, -0.2) is 4.68 Å². The molecule has 0 saturated heterocycles. The van der Waals surface area contributed by atoms with Crippen LogP contribution in [-0.4, -0.2) is 22.8 Å². The van der Waals surface area contributed by atoms with Crippen LogP contribution in [0.5, 0.6) is 17.4 Å². The molecule has 4 rings (SSSR count). The van der Waals surface area contributed by atoms with Crippen molar-refractivity contribution in [2.24, 2.45) is 7.05 Å². The highest BCUT2D eigenvalue weighted by Crippen LogP contribution is 2.26. The quantitative estimate of drug-likeness (QED) is 0.554. The van der Waals surface area contributed by atoms with Crippen LogP contribution in [0.2, 0.25) is 0 Å². The third-order valence-corrected chi connectivity index (χ3v) is 4.33. The van der Waals surface area contributed by atoms with Gasteiger partial charge in [-0.05, 0) is 54.6 Å². The molecule has 0 spiro atoms. The minimum absolute atomic E-state index is 0.205. The smallest absolute Gasteiger partial charge is 0.255 e. The Morgan fingerprint density at radius 1 is 0.964 bits per heavy atom. The molecule has 0 atom stereocenters. The maximum absolute atomic E-state index is 12.6. The topological polar surface area (TPSA) is 65.4 Å². The molecule has 6 heteroatoms. The molecule has 0 saturated carbocycles. The van der Waals surface area contributed by atoms with E-state index in [2.05, 4.69) is 10.4 Å². The summed E-state index contributed by atoms with van der Waals surface area (Å²) in [7, 11) is 3.40. The van der Waals surface area contributed by atoms with E-state index in [-0.39, 0.29) is 5.91 Å². The van der Waals surface area contributed by atoms with Gasteiger partial charge in [-0.1, -0.05) is 18.2 Å². The Balaban J connectivity index is 1.48. The second kappa shape index (κ2) is 7.44. The number of aryl methyl sites for hydroxylation is 1. The number of ether oxygens (including phenoxy) is 2. The fourth-order valence-corrected chi connectivity index (χ4v) is 2.99. The summed E-state index contributed by atoms with van der Waals surface area (Å²) in [5.74, 6) is 1.92. The molecule has 140 valence electrons. The summed E-state index contributed by atoms with van der Waals surface area (Å²) < 4.78 is 12.7. The van der Waals surface area contributed by atoms with Gasteiger partial charge in [-0.3, -0.25) is 4.79 Å². The lowest BCUT2D eigenvalue weighted by Gasteiger charge is -2.08. The number of hydrogen-bond acceptors (Lipinski definition) is 4. The van der Waals surface area contributed by atoms with E-state index in [1.54, 1.807) is 43.1 Å². The predicted molar refractivity (Wildman–Crippen MR) is 108 cm³/mol. The molecule has 1 N–H and O–H groups in total. The number of anilines is 1. The third kappa shape index (κ3) is 3.53. The zero-order valence-electron chi connectivity index (χ0n) is 15.5. The molecule has 4 aromatic rings. The van der Waals surface area contributed by atoms with E-state index in [9.17, 15) is 4.79 Å². The number of methoxy groups -OCH3 is 1. The molecule has 1 heterocycles. The number of carbonyl (C=O) groups is 1. The lowest BCUT2D eigenvalue weighted by atomic mass is 10.1. The lowest BCUT2D eigenvalue weighted by molar-refractivity contribution is 0.102. The van der Waals surface area contributed by atoms with E-state index in [4.69, 9.17) is 9.47 Å². The maximum atomic E-state index is 12.6. The molecule has 0 aliphatic heterocycles. The van der Waals surface area contributed by atoms with Gasteiger partial charge in [-0.15, -0.1) is 0 Å². The van der Waals surface area contributed by atoms with Crippen LogP contribution < -0.4 is 14.8 Å². The summed E-state index contributed by atoms with van der Waals surface area (Å²) in [4.78, 5) is 12.6. The van der Waals surface area contributed by atoms with Gasteiger partial charge in [0.1, 0.15) is 11.5 Å². The van der Waals surface area contributed by atoms with Crippen molar-refractivity contribution in [3.05, 3.63) is 78.4 Å². The molecule has 28 heavy (non-hydrogen) atoms. The van der Waals surface area contributed by atoms with Crippen molar-refractivity contribution in [3.8, 4) is 17.4 Å². The summed E-state index contributed by atoms with van der Waals surface area (Å²) in [5, 5.41) is 8.13. The molecule has 0 radical (unpaired) electrons. The van der Waals surface area contributed by atoms with E-state index < -0.39 is 0 Å². The summed E-state index contributed by atoms with van der Waals surface area (Å²) in [6, 6.07) is 22.1. The molecular formula is C22H19N3O3. The normalized spacial score (nSPS) is 10.6. The second-order valence-corrected chi connectivity index (χ2v) is 6.26. The van der Waals surface area contributed by atoms with Crippen molar-refractivity contribution in [1.29, 1.82) is 0 Å². The fraction of sp³-hybridized carbons (Fsp3) is 0.0909. The minimum atomic E-state index is -0.205. The number of hydrogen-bond donors (Lipinski definition) is 1. The average molecular weight is 373 g/mol. The Kier molecular flexibility index (Phi) is 4.68. The van der Waals surface area contributed by atoms with Gasteiger partial charge < -0.3 is 14.8 Å². The van der Waals surface area contributed by atoms with Crippen molar-refractivity contribution < 1.29 is 14.3 Å². The molecule has 0 aliphatic rings. The van der Waals surface area contributed by atoms with Crippen molar-refractivity contribution in [3.63, 3.8) is 0 Å². The van der Waals surface area contributed by atoms with E-state index in [0.717, 1.165) is 11.1 Å². The lowest BCUT2D eigenvalue weighted by Crippen LogP contribution is -2.11. The fourth-order valence-electron chi connectivity index (χ4n) is 2.99. The molecule has 6 nitrogen and oxygen atoms in total. The third-order valence-electron chi connectivity index (χ3n) is 4.33. The molecule has 1 amide bonds. The number of rotatable bonds is 5. The van der Waals surface area contributed by atoms with Gasteiger partial charge in [0.05, 0.1) is 18.0 Å². The van der Waals surface area contributed by atoms with Gasteiger partial charge in [-0.2, -0.15) is 5.10 Å². The number of carbonyl (C=O) groups excluding carboxylic acids is 1. The van der Waals surface area contributed by atoms with Crippen LogP contribution in [0.15, 0.2) is 72.8 Å². The molecule has 0 bridgehead atoms. The number of aromatic nitrogens is 2. The number of nitrogens with one attached hydrogen (secondary N) is 1. The van der Waals surface area contributed by atoms with E-state index in [1.807, 2.05) is 48.5 Å². The Morgan fingerprint density at radius 3 is 2.39 bits per heavy atom. The summed E-state index contributed by atoms with van der Waals surface area (Å²) in [5.41, 5.74) is 1.92. The maximum Gasteiger partial charge on any atom is 0.255 e. The second-order valence-electron chi connectivity index (χ2n) is 6.26. The number of amides is 1. The van der Waals surface area contributed by atoms with Crippen LogP contribution in [0.3, 0.4) is 0 Å². The number of benzene rings is 3. The highest BCUT2D eigenvalue weighted by Gasteiger charge is 2.13. The van der Waals surface area contributed by atoms with E-state index in [1.165, 1.54) is 0 Å². The minimum Gasteiger partial charge on any atom is -0.481 e. The molecule has 0 unspecified atom stereocenters. The Morgan fingerprint density at radius 2 is 1.68 bits per heavy atom. The van der Waals surface area contributed by atoms with Crippen molar-refractivity contribution >= 4 is 22.5 Å². The molecule has 1 aromatic heterocycles. The van der Waals surface area contributed by atoms with Crippen LogP contribution >= 0.6 is 0 Å². The van der Waals surface area contributed by atoms with Crippen LogP contribution in [0, 0.1) is 0 Å². The Hall–Kier alpha value is -3.80. The van der Waals surface area contributed by atoms with E-state index in [0.29, 0.717) is 28.4 Å². The predicted octanol–water partition coefficient (Wildman–Crippen LogP) is 4.63. The van der Waals surface area contributed by atoms with Crippen molar-refractivity contribution in [1.82, 2.24) is 9.78 Å². The number of nitrogens with zero attached hydrogens (tertiary/aromatic N) is 2. The summed E-state index contributed by atoms with van der Waals surface area (Å²) in [6.45, 7) is 0. The van der Waals surface area contributed by atoms with Gasteiger partial charge in [0.25, 0.3) is 5.91 Å². The number of para-hydroxylation sites is 1. The van der Waals surface area contributed by atoms with Crippen LogP contribution in [-0.2, 0) is 7.05 Å². The van der Waals surface area contributed by atoms with Gasteiger partial charge in [0, 0.05) is 18.3 Å². The van der Waals surface area contributed by atoms with Gasteiger partial charge >= 0.3 is 0 Å². The van der Waals surface area contributed by atoms with Crippen molar-refractivity contribution in [2.45, 2.75) is 0 Å². The highest BCUT2D eigenvalue weighted by molar-refractivity contribution is 6.06. The van der Waals surface area contributed by atoms with E-state index >= 15 is 0 Å². The van der Waals surface area contributed by atoms with Crippen LogP contribution in [0.25, 0.3) is 10.9 Å². The van der Waals surface area contributed by atoms with Crippen LogP contribution in [0.4, 0.5) is 5.69 Å². The summed E-state index contributed by atoms with van der Waals surface area (Å²) >= 11 is 0. The number of fused-ring (bicyclic) bond motifs is 1. The molecule has 0 aliphatic carbocycles. The first-order valence-electron chi connectivity index (χ1n) is 8.79. The summed E-state index contributed by atoms with van der Waals surface area (Å²) in [6.07, 6.45) is 0. The Bertz CT molecular complexity index is 1120. The standard InChI is InChI=1S/C22H19N3O3/c1-25-22(27-2)19-13-8-15(14-20(19)24-25)21(26)23-16-9-11-18(12-10-16)28-17-6-4-3-5-7-17/h3-14H,1-2H3,(H,23,26). The molecular weight excluding hydrogens is 354 g/mol. The monoisotopic (exact) mass is 373 g/mol. The first-order valence-corrected chi connectivity index (χ1v) is 8.79. The first-order chi connectivity index (χ1) is 13.6. The largest absolute Gasteiger partial charge is 0.481 e. The van der Waals surface area contributed by atoms with Crippen molar-refractivity contribution in [2.75, 3.05) is 12.4 Å². The Labute approximate surface area is 162 Å². The van der Waals surface area contributed by atoms with Crippen LogP contribution in [0.1, 0.15) is 10.4 Å². The SMILES string of the molecule is COc1c2ccc(C(=O)Nc3ccc(Oc4ccccc4)cc3)cc2nn1C. The average Bonchev–Trinajstić information content (AvgIpc) is 3.04. The zero-order valence-corrected chi connectivity index (χ0v) is 15.5. The molecule has 3 aromatic carbocycles. The van der Waals surface area contributed by atoms with Gasteiger partial charge in [0.15, 0.2) is 0 Å². The molecule has 0 fully saturated rings. The highest BCUT2D eigenvalue weighted by atomic mass is 16.5. The first kappa shape index (κ1) is 17.6. The zero-order chi connectivity index (χ0) is 19.5.